The Balaban J connectivity index is 4.89. The molecular formula is C56H112O3. The van der Waals surface area contributed by atoms with E-state index >= 15 is 0 Å². The van der Waals surface area contributed by atoms with Gasteiger partial charge in [0.2, 0.25) is 0 Å². The first-order chi connectivity index (χ1) is 29.2. The van der Waals surface area contributed by atoms with Crippen LogP contribution in [0.3, 0.4) is 0 Å². The first-order valence-electron chi connectivity index (χ1n) is 28.0. The lowest BCUT2D eigenvalue weighted by Gasteiger charge is -2.32. The topological polar surface area (TPSA) is 35.5 Å². The SMILES string of the molecule is CCCCCCCCCCCCCCCCCCOC(CCCCCCCCCCCC)(CCCCCCCCCCCCCCCC)C(=O)OCCCCCCCC. The minimum atomic E-state index is -0.741. The third kappa shape index (κ3) is 42.5. The van der Waals surface area contributed by atoms with E-state index in [-0.39, 0.29) is 5.97 Å². The number of carbonyl (C=O) groups is 1. The summed E-state index contributed by atoms with van der Waals surface area (Å²) in [5.41, 5.74) is -0.741. The first-order valence-corrected chi connectivity index (χ1v) is 28.0. The second kappa shape index (κ2) is 50.1. The second-order valence-corrected chi connectivity index (χ2v) is 19.3. The number of ether oxygens (including phenoxy) is 2. The fraction of sp³-hybridized carbons (Fsp3) is 0.982. The minimum Gasteiger partial charge on any atom is -0.464 e. The van der Waals surface area contributed by atoms with E-state index in [4.69, 9.17) is 9.47 Å². The molecule has 0 aliphatic heterocycles. The van der Waals surface area contributed by atoms with Gasteiger partial charge in [-0.1, -0.05) is 297 Å². The minimum absolute atomic E-state index is 0.0341. The molecule has 0 aromatic heterocycles. The van der Waals surface area contributed by atoms with Crippen molar-refractivity contribution in [2.75, 3.05) is 13.2 Å². The van der Waals surface area contributed by atoms with Gasteiger partial charge in [0.25, 0.3) is 0 Å². The van der Waals surface area contributed by atoms with Gasteiger partial charge in [0.15, 0.2) is 5.60 Å². The van der Waals surface area contributed by atoms with Crippen LogP contribution in [0.25, 0.3) is 0 Å². The summed E-state index contributed by atoms with van der Waals surface area (Å²) >= 11 is 0. The van der Waals surface area contributed by atoms with Crippen molar-refractivity contribution in [2.45, 2.75) is 341 Å². The third-order valence-corrected chi connectivity index (χ3v) is 13.3. The van der Waals surface area contributed by atoms with Gasteiger partial charge < -0.3 is 9.47 Å². The van der Waals surface area contributed by atoms with Crippen molar-refractivity contribution in [1.29, 1.82) is 0 Å². The van der Waals surface area contributed by atoms with Crippen molar-refractivity contribution < 1.29 is 14.3 Å². The summed E-state index contributed by atoms with van der Waals surface area (Å²) in [6, 6.07) is 0. The van der Waals surface area contributed by atoms with Gasteiger partial charge in [0, 0.05) is 6.61 Å². The zero-order valence-corrected chi connectivity index (χ0v) is 41.6. The molecule has 3 nitrogen and oxygen atoms in total. The maximum absolute atomic E-state index is 14.1. The van der Waals surface area contributed by atoms with Crippen molar-refractivity contribution >= 4 is 5.97 Å². The summed E-state index contributed by atoms with van der Waals surface area (Å²) in [6.45, 7) is 10.5. The van der Waals surface area contributed by atoms with Crippen LogP contribution in [-0.4, -0.2) is 24.8 Å². The summed E-state index contributed by atoms with van der Waals surface area (Å²) in [5.74, 6) is -0.0341. The normalized spacial score (nSPS) is 12.7. The molecule has 354 valence electrons. The highest BCUT2D eigenvalue weighted by atomic mass is 16.6. The zero-order chi connectivity index (χ0) is 42.8. The number of hydrogen-bond donors (Lipinski definition) is 0. The summed E-state index contributed by atoms with van der Waals surface area (Å²) < 4.78 is 13.0. The molecule has 0 rings (SSSR count). The molecule has 0 aliphatic rings. The molecule has 0 aromatic rings. The van der Waals surface area contributed by atoms with Crippen LogP contribution in [0.5, 0.6) is 0 Å². The lowest BCUT2D eigenvalue weighted by atomic mass is 9.89. The predicted octanol–water partition coefficient (Wildman–Crippen LogP) is 20.1. The van der Waals surface area contributed by atoms with Gasteiger partial charge in [-0.25, -0.2) is 4.79 Å². The predicted molar refractivity (Wildman–Crippen MR) is 264 cm³/mol. The molecule has 0 N–H and O–H groups in total. The summed E-state index contributed by atoms with van der Waals surface area (Å²) in [5, 5.41) is 0. The Bertz CT molecular complexity index is 781. The van der Waals surface area contributed by atoms with Gasteiger partial charge in [0.05, 0.1) is 6.61 Å². The smallest absolute Gasteiger partial charge is 0.338 e. The quantitative estimate of drug-likeness (QED) is 0.0452. The third-order valence-electron chi connectivity index (χ3n) is 13.3. The Morgan fingerprint density at radius 2 is 0.475 bits per heavy atom. The van der Waals surface area contributed by atoms with E-state index in [1.165, 1.54) is 263 Å². The van der Waals surface area contributed by atoms with Gasteiger partial charge in [-0.05, 0) is 38.5 Å². The van der Waals surface area contributed by atoms with Crippen LogP contribution < -0.4 is 0 Å². The fourth-order valence-electron chi connectivity index (χ4n) is 9.13. The summed E-state index contributed by atoms with van der Waals surface area (Å²) in [4.78, 5) is 14.1. The molecule has 3 heteroatoms. The van der Waals surface area contributed by atoms with E-state index in [9.17, 15) is 4.79 Å². The van der Waals surface area contributed by atoms with E-state index in [2.05, 4.69) is 27.7 Å². The van der Waals surface area contributed by atoms with Crippen LogP contribution >= 0.6 is 0 Å². The molecule has 0 saturated carbocycles. The highest BCUT2D eigenvalue weighted by Crippen LogP contribution is 2.30. The van der Waals surface area contributed by atoms with Crippen molar-refractivity contribution in [3.8, 4) is 0 Å². The second-order valence-electron chi connectivity index (χ2n) is 19.3. The van der Waals surface area contributed by atoms with E-state index in [0.717, 1.165) is 44.9 Å². The molecule has 1 atom stereocenters. The maximum Gasteiger partial charge on any atom is 0.338 e. The van der Waals surface area contributed by atoms with Gasteiger partial charge in [-0.3, -0.25) is 0 Å². The van der Waals surface area contributed by atoms with Gasteiger partial charge in [-0.2, -0.15) is 0 Å². The highest BCUT2D eigenvalue weighted by molar-refractivity contribution is 5.79. The van der Waals surface area contributed by atoms with Crippen molar-refractivity contribution in [3.63, 3.8) is 0 Å². The molecule has 0 heterocycles. The number of carbonyl (C=O) groups excluding carboxylic acids is 1. The molecular weight excluding hydrogens is 721 g/mol. The molecule has 0 aromatic carbocycles. The standard InChI is InChI=1S/C56H112O3/c1-5-9-13-17-21-24-27-29-31-32-34-36-39-42-46-50-54-59-56(55(57)58-53-49-45-20-16-12-8-4,51-47-43-40-37-26-23-19-15-11-7-3)52-48-44-41-38-35-33-30-28-25-22-18-14-10-6-2/h5-54H2,1-4H3. The van der Waals surface area contributed by atoms with Gasteiger partial charge >= 0.3 is 5.97 Å². The molecule has 0 saturated heterocycles. The Kier molecular flexibility index (Phi) is 49.6. The van der Waals surface area contributed by atoms with Crippen LogP contribution in [0.4, 0.5) is 0 Å². The Morgan fingerprint density at radius 3 is 0.729 bits per heavy atom. The Hall–Kier alpha value is -0.570. The molecule has 0 aliphatic carbocycles. The van der Waals surface area contributed by atoms with E-state index in [0.29, 0.717) is 13.2 Å². The molecule has 1 unspecified atom stereocenters. The summed E-state index contributed by atoms with van der Waals surface area (Å²) in [6.07, 6.45) is 63.1. The van der Waals surface area contributed by atoms with Crippen molar-refractivity contribution in [3.05, 3.63) is 0 Å². The monoisotopic (exact) mass is 833 g/mol. The number of hydrogen-bond acceptors (Lipinski definition) is 3. The van der Waals surface area contributed by atoms with Crippen LogP contribution in [0.1, 0.15) is 336 Å². The van der Waals surface area contributed by atoms with Gasteiger partial charge in [-0.15, -0.1) is 0 Å². The molecule has 0 bridgehead atoms. The maximum atomic E-state index is 14.1. The number of unbranched alkanes of at least 4 members (excludes halogenated alkanes) is 42. The average molecular weight is 834 g/mol. The Labute approximate surface area is 373 Å². The van der Waals surface area contributed by atoms with E-state index < -0.39 is 5.60 Å². The van der Waals surface area contributed by atoms with Crippen LogP contribution in [0.15, 0.2) is 0 Å². The molecule has 0 spiro atoms. The van der Waals surface area contributed by atoms with Crippen molar-refractivity contribution in [1.82, 2.24) is 0 Å². The van der Waals surface area contributed by atoms with E-state index in [1.807, 2.05) is 0 Å². The Morgan fingerprint density at radius 1 is 0.271 bits per heavy atom. The molecule has 59 heavy (non-hydrogen) atoms. The zero-order valence-electron chi connectivity index (χ0n) is 41.6. The lowest BCUT2D eigenvalue weighted by Crippen LogP contribution is -2.43. The van der Waals surface area contributed by atoms with Crippen LogP contribution in [0.2, 0.25) is 0 Å². The van der Waals surface area contributed by atoms with Crippen molar-refractivity contribution in [2.24, 2.45) is 0 Å². The summed E-state index contributed by atoms with van der Waals surface area (Å²) in [7, 11) is 0. The number of rotatable bonds is 52. The van der Waals surface area contributed by atoms with Crippen LogP contribution in [0, 0.1) is 0 Å². The highest BCUT2D eigenvalue weighted by Gasteiger charge is 2.40. The van der Waals surface area contributed by atoms with E-state index in [1.54, 1.807) is 0 Å². The van der Waals surface area contributed by atoms with Gasteiger partial charge in [0.1, 0.15) is 0 Å². The number of esters is 1. The largest absolute Gasteiger partial charge is 0.464 e. The fourth-order valence-corrected chi connectivity index (χ4v) is 9.13. The molecule has 0 amide bonds. The molecule has 0 radical (unpaired) electrons. The van der Waals surface area contributed by atoms with Crippen LogP contribution in [-0.2, 0) is 14.3 Å². The molecule has 0 fully saturated rings. The average Bonchev–Trinajstić information content (AvgIpc) is 3.24. The lowest BCUT2D eigenvalue weighted by molar-refractivity contribution is -0.176. The first kappa shape index (κ1) is 58.4.